The van der Waals surface area contributed by atoms with E-state index >= 15 is 0 Å². The fourth-order valence-corrected chi connectivity index (χ4v) is 5.04. The molecule has 1 aromatic heterocycles. The first kappa shape index (κ1) is 22.0. The Kier molecular flexibility index (Phi) is 6.24. The number of amides is 1. The van der Waals surface area contributed by atoms with Gasteiger partial charge < -0.3 is 9.32 Å². The van der Waals surface area contributed by atoms with Gasteiger partial charge in [-0.15, -0.1) is 5.10 Å². The van der Waals surface area contributed by atoms with Crippen molar-refractivity contribution in [3.63, 3.8) is 0 Å². The molecule has 0 radical (unpaired) electrons. The zero-order chi connectivity index (χ0) is 22.7. The van der Waals surface area contributed by atoms with Crippen LogP contribution in [0.2, 0.25) is 0 Å². The summed E-state index contributed by atoms with van der Waals surface area (Å²) in [6, 6.07) is 15.7. The Labute approximate surface area is 185 Å². The predicted octanol–water partition coefficient (Wildman–Crippen LogP) is 1.73. The summed E-state index contributed by atoms with van der Waals surface area (Å²) in [6.45, 7) is 2.78. The molecule has 10 heteroatoms. The Morgan fingerprint density at radius 3 is 2.44 bits per heavy atom. The molecule has 1 fully saturated rings. The monoisotopic (exact) mass is 456 g/mol. The van der Waals surface area contributed by atoms with Crippen molar-refractivity contribution in [2.45, 2.75) is 24.8 Å². The van der Waals surface area contributed by atoms with E-state index < -0.39 is 15.8 Å². The summed E-state index contributed by atoms with van der Waals surface area (Å²) in [6.07, 6.45) is 0.500. The minimum absolute atomic E-state index is 0.148. The Balaban J connectivity index is 1.43. The Morgan fingerprint density at radius 1 is 1.00 bits per heavy atom. The largest absolute Gasteiger partial charge is 0.437 e. The lowest BCUT2D eigenvalue weighted by Crippen LogP contribution is -2.39. The molecule has 2 heterocycles. The molecule has 1 saturated heterocycles. The maximum absolute atomic E-state index is 13.0. The SMILES string of the molecule is Cc1ccc(S(=O)(=O)N2CCCN(C(=O)Cn3nc(-c4ccccc4)oc3=O)CC2)cc1. The molecule has 0 bridgehead atoms. The molecule has 0 atom stereocenters. The van der Waals surface area contributed by atoms with Gasteiger partial charge in [0.1, 0.15) is 6.54 Å². The van der Waals surface area contributed by atoms with Gasteiger partial charge in [-0.05, 0) is 37.6 Å². The third-order valence-corrected chi connectivity index (χ3v) is 7.29. The van der Waals surface area contributed by atoms with E-state index in [1.807, 2.05) is 13.0 Å². The summed E-state index contributed by atoms with van der Waals surface area (Å²) in [5.74, 6) is -0.875. The number of hydrogen-bond acceptors (Lipinski definition) is 6. The number of hydrogen-bond donors (Lipinski definition) is 0. The van der Waals surface area contributed by atoms with Crippen molar-refractivity contribution in [3.8, 4) is 11.5 Å². The molecule has 3 aromatic rings. The van der Waals surface area contributed by atoms with Gasteiger partial charge in [-0.2, -0.15) is 8.99 Å². The van der Waals surface area contributed by atoms with E-state index in [1.54, 1.807) is 53.4 Å². The molecule has 168 valence electrons. The van der Waals surface area contributed by atoms with Gasteiger partial charge in [0.25, 0.3) is 0 Å². The van der Waals surface area contributed by atoms with E-state index in [1.165, 1.54) is 4.31 Å². The van der Waals surface area contributed by atoms with E-state index in [0.29, 0.717) is 25.1 Å². The third kappa shape index (κ3) is 4.66. The van der Waals surface area contributed by atoms with Crippen LogP contribution in [0, 0.1) is 6.92 Å². The number of rotatable bonds is 5. The number of carbonyl (C=O) groups excluding carboxylic acids is 1. The van der Waals surface area contributed by atoms with E-state index in [2.05, 4.69) is 5.10 Å². The van der Waals surface area contributed by atoms with Gasteiger partial charge in [-0.1, -0.05) is 35.9 Å². The summed E-state index contributed by atoms with van der Waals surface area (Å²) in [5, 5.41) is 4.12. The minimum Gasteiger partial charge on any atom is -0.388 e. The number of aromatic nitrogens is 2. The van der Waals surface area contributed by atoms with Crippen LogP contribution in [0.3, 0.4) is 0 Å². The molecular formula is C22H24N4O5S. The Hall–Kier alpha value is -3.24. The molecule has 0 unspecified atom stereocenters. The Morgan fingerprint density at radius 2 is 1.72 bits per heavy atom. The minimum atomic E-state index is -3.63. The summed E-state index contributed by atoms with van der Waals surface area (Å²) in [7, 11) is -3.63. The second kappa shape index (κ2) is 9.09. The van der Waals surface area contributed by atoms with Gasteiger partial charge in [0, 0.05) is 31.7 Å². The maximum Gasteiger partial charge on any atom is 0.437 e. The van der Waals surface area contributed by atoms with Crippen LogP contribution >= 0.6 is 0 Å². The zero-order valence-electron chi connectivity index (χ0n) is 17.7. The lowest BCUT2D eigenvalue weighted by Gasteiger charge is -2.22. The summed E-state index contributed by atoms with van der Waals surface area (Å²) in [5.41, 5.74) is 1.62. The van der Waals surface area contributed by atoms with Crippen molar-refractivity contribution in [2.24, 2.45) is 0 Å². The number of aryl methyl sites for hydroxylation is 1. The fraction of sp³-hybridized carbons (Fsp3) is 0.318. The lowest BCUT2D eigenvalue weighted by molar-refractivity contribution is -0.132. The first-order valence-electron chi connectivity index (χ1n) is 10.3. The molecule has 0 N–H and O–H groups in total. The quantitative estimate of drug-likeness (QED) is 0.579. The summed E-state index contributed by atoms with van der Waals surface area (Å²) >= 11 is 0. The molecule has 2 aromatic carbocycles. The third-order valence-electron chi connectivity index (χ3n) is 5.38. The second-order valence-electron chi connectivity index (χ2n) is 7.65. The van der Waals surface area contributed by atoms with Crippen molar-refractivity contribution in [2.75, 3.05) is 26.2 Å². The van der Waals surface area contributed by atoms with Crippen molar-refractivity contribution >= 4 is 15.9 Å². The smallest absolute Gasteiger partial charge is 0.388 e. The fourth-order valence-electron chi connectivity index (χ4n) is 3.57. The molecule has 9 nitrogen and oxygen atoms in total. The van der Waals surface area contributed by atoms with Gasteiger partial charge in [-0.3, -0.25) is 4.79 Å². The van der Waals surface area contributed by atoms with Crippen molar-refractivity contribution in [1.82, 2.24) is 19.0 Å². The van der Waals surface area contributed by atoms with Crippen molar-refractivity contribution in [3.05, 3.63) is 70.7 Å². The van der Waals surface area contributed by atoms with Gasteiger partial charge in [0.15, 0.2) is 0 Å². The average molecular weight is 457 g/mol. The summed E-state index contributed by atoms with van der Waals surface area (Å²) in [4.78, 5) is 26.7. The molecule has 0 spiro atoms. The number of benzene rings is 2. The van der Waals surface area contributed by atoms with Crippen molar-refractivity contribution in [1.29, 1.82) is 0 Å². The van der Waals surface area contributed by atoms with Crippen LogP contribution in [-0.4, -0.2) is 59.5 Å². The maximum atomic E-state index is 13.0. The highest BCUT2D eigenvalue weighted by Gasteiger charge is 2.28. The number of carbonyl (C=O) groups is 1. The normalized spacial score (nSPS) is 15.5. The lowest BCUT2D eigenvalue weighted by atomic mass is 10.2. The van der Waals surface area contributed by atoms with Crippen molar-refractivity contribution < 1.29 is 17.6 Å². The molecule has 0 aliphatic carbocycles. The second-order valence-corrected chi connectivity index (χ2v) is 9.59. The standard InChI is InChI=1S/C22H24N4O5S/c1-17-8-10-19(11-9-17)32(29,30)25-13-5-12-24(14-15-25)20(27)16-26-22(28)31-21(23-26)18-6-3-2-4-7-18/h2-4,6-11H,5,12-16H2,1H3. The zero-order valence-corrected chi connectivity index (χ0v) is 18.5. The van der Waals surface area contributed by atoms with Crippen LogP contribution in [0.5, 0.6) is 0 Å². The number of nitrogens with zero attached hydrogens (tertiary/aromatic N) is 4. The van der Waals surface area contributed by atoms with Crippen LogP contribution in [-0.2, 0) is 21.4 Å². The summed E-state index contributed by atoms with van der Waals surface area (Å²) < 4.78 is 33.5. The van der Waals surface area contributed by atoms with E-state index in [4.69, 9.17) is 4.42 Å². The predicted molar refractivity (Wildman–Crippen MR) is 117 cm³/mol. The first-order valence-corrected chi connectivity index (χ1v) is 11.8. The van der Waals surface area contributed by atoms with Crippen LogP contribution in [0.4, 0.5) is 0 Å². The molecule has 4 rings (SSSR count). The highest BCUT2D eigenvalue weighted by atomic mass is 32.2. The molecule has 1 aliphatic rings. The first-order chi connectivity index (χ1) is 15.3. The molecular weight excluding hydrogens is 432 g/mol. The van der Waals surface area contributed by atoms with Gasteiger partial charge in [0.05, 0.1) is 4.90 Å². The topological polar surface area (TPSA) is 106 Å². The van der Waals surface area contributed by atoms with Gasteiger partial charge in [-0.25, -0.2) is 13.2 Å². The van der Waals surface area contributed by atoms with E-state index in [-0.39, 0.29) is 36.3 Å². The van der Waals surface area contributed by atoms with Gasteiger partial charge >= 0.3 is 5.76 Å². The van der Waals surface area contributed by atoms with Crippen LogP contribution in [0.15, 0.2) is 68.7 Å². The molecule has 0 saturated carbocycles. The molecule has 32 heavy (non-hydrogen) atoms. The van der Waals surface area contributed by atoms with E-state index in [9.17, 15) is 18.0 Å². The Bertz CT molecular complexity index is 1250. The van der Waals surface area contributed by atoms with E-state index in [0.717, 1.165) is 10.2 Å². The molecule has 1 aliphatic heterocycles. The van der Waals surface area contributed by atoms with Crippen LogP contribution in [0.1, 0.15) is 12.0 Å². The van der Waals surface area contributed by atoms with Crippen LogP contribution in [0.25, 0.3) is 11.5 Å². The highest BCUT2D eigenvalue weighted by Crippen LogP contribution is 2.19. The average Bonchev–Trinajstić information content (AvgIpc) is 2.99. The highest BCUT2D eigenvalue weighted by molar-refractivity contribution is 7.89. The van der Waals surface area contributed by atoms with Gasteiger partial charge in [0.2, 0.25) is 21.8 Å². The molecule has 1 amide bonds. The van der Waals surface area contributed by atoms with Crippen LogP contribution < -0.4 is 5.76 Å². The number of sulfonamides is 1.